The largest absolute Gasteiger partial charge is 0.493 e. The minimum atomic E-state index is -0.0119. The summed E-state index contributed by atoms with van der Waals surface area (Å²) in [6, 6.07) is 16.8. The molecule has 0 spiro atoms. The van der Waals surface area contributed by atoms with E-state index in [-0.39, 0.29) is 18.7 Å². The number of rotatable bonds is 7. The van der Waals surface area contributed by atoms with Crippen LogP contribution in [0.1, 0.15) is 40.0 Å². The van der Waals surface area contributed by atoms with Crippen LogP contribution in [0.15, 0.2) is 54.7 Å². The van der Waals surface area contributed by atoms with Crippen LogP contribution < -0.4 is 19.7 Å². The molecule has 2 N–H and O–H groups in total. The minimum Gasteiger partial charge on any atom is -0.493 e. The monoisotopic (exact) mass is 433 g/mol. The molecule has 2 atom stereocenters. The minimum absolute atomic E-state index is 0.0119. The van der Waals surface area contributed by atoms with Crippen molar-refractivity contribution in [1.29, 1.82) is 0 Å². The number of likely N-dealkylation sites (N-methyl/N-ethyl adjacent to an activating group) is 1. The molecule has 32 heavy (non-hydrogen) atoms. The van der Waals surface area contributed by atoms with Crippen LogP contribution >= 0.6 is 0 Å². The SMILES string of the molecule is COc1cc2c(cc1OC)[C@H](c1ccc(N(C)CCO)cc1)N[C@H](c1ncccc1C)C2. The summed E-state index contributed by atoms with van der Waals surface area (Å²) >= 11 is 0. The number of nitrogens with zero attached hydrogens (tertiary/aromatic N) is 2. The van der Waals surface area contributed by atoms with Crippen molar-refractivity contribution in [2.24, 2.45) is 0 Å². The van der Waals surface area contributed by atoms with Crippen molar-refractivity contribution in [3.63, 3.8) is 0 Å². The van der Waals surface area contributed by atoms with Gasteiger partial charge >= 0.3 is 0 Å². The van der Waals surface area contributed by atoms with Gasteiger partial charge in [-0.1, -0.05) is 18.2 Å². The van der Waals surface area contributed by atoms with Gasteiger partial charge in [-0.3, -0.25) is 10.3 Å². The molecule has 0 saturated carbocycles. The number of nitrogens with one attached hydrogen (secondary N) is 1. The van der Waals surface area contributed by atoms with Gasteiger partial charge in [0, 0.05) is 25.5 Å². The van der Waals surface area contributed by atoms with Crippen LogP contribution in [0.2, 0.25) is 0 Å². The number of aliphatic hydroxyl groups is 1. The van der Waals surface area contributed by atoms with E-state index in [2.05, 4.69) is 59.7 Å². The number of pyridine rings is 1. The molecule has 0 bridgehead atoms. The van der Waals surface area contributed by atoms with Crippen molar-refractivity contribution >= 4 is 5.69 Å². The number of anilines is 1. The van der Waals surface area contributed by atoms with Gasteiger partial charge in [-0.15, -0.1) is 0 Å². The lowest BCUT2D eigenvalue weighted by atomic mass is 9.84. The van der Waals surface area contributed by atoms with Crippen molar-refractivity contribution in [3.8, 4) is 11.5 Å². The van der Waals surface area contributed by atoms with Crippen LogP contribution in [0.4, 0.5) is 5.69 Å². The Morgan fingerprint density at radius 1 is 1.09 bits per heavy atom. The maximum atomic E-state index is 9.24. The fourth-order valence-corrected chi connectivity index (χ4v) is 4.47. The second-order valence-corrected chi connectivity index (χ2v) is 8.20. The van der Waals surface area contributed by atoms with Crippen molar-refractivity contribution in [2.75, 3.05) is 39.3 Å². The molecule has 4 rings (SSSR count). The molecule has 1 aliphatic rings. The number of hydrogen-bond donors (Lipinski definition) is 2. The average Bonchev–Trinajstić information content (AvgIpc) is 2.83. The Morgan fingerprint density at radius 3 is 2.47 bits per heavy atom. The highest BCUT2D eigenvalue weighted by Crippen LogP contribution is 2.41. The van der Waals surface area contributed by atoms with E-state index in [9.17, 15) is 5.11 Å². The maximum Gasteiger partial charge on any atom is 0.161 e. The zero-order valence-corrected chi connectivity index (χ0v) is 19.1. The summed E-state index contributed by atoms with van der Waals surface area (Å²) in [6.07, 6.45) is 2.68. The standard InChI is InChI=1S/C26H31N3O3/c1-17-6-5-11-27-25(17)22-14-19-15-23(31-3)24(32-4)16-21(19)26(28-22)18-7-9-20(10-8-18)29(2)12-13-30/h5-11,15-16,22,26,28,30H,12-14H2,1-4H3/t22-,26-/m0/s1. The molecule has 0 amide bonds. The maximum absolute atomic E-state index is 9.24. The van der Waals surface area contributed by atoms with E-state index >= 15 is 0 Å². The van der Waals surface area contributed by atoms with Crippen LogP contribution in [0.5, 0.6) is 11.5 Å². The Morgan fingerprint density at radius 2 is 1.81 bits per heavy atom. The number of aliphatic hydroxyl groups excluding tert-OH is 1. The predicted molar refractivity (Wildman–Crippen MR) is 127 cm³/mol. The highest BCUT2D eigenvalue weighted by Gasteiger charge is 2.31. The summed E-state index contributed by atoms with van der Waals surface area (Å²) in [7, 11) is 5.32. The van der Waals surface area contributed by atoms with Gasteiger partial charge in [0.15, 0.2) is 11.5 Å². The molecule has 2 aromatic carbocycles. The number of aryl methyl sites for hydroxylation is 1. The Kier molecular flexibility index (Phi) is 6.63. The first-order chi connectivity index (χ1) is 15.5. The third kappa shape index (κ3) is 4.29. The molecular formula is C26H31N3O3. The summed E-state index contributed by atoms with van der Waals surface area (Å²) in [5, 5.41) is 13.1. The zero-order chi connectivity index (χ0) is 22.7. The third-order valence-electron chi connectivity index (χ3n) is 6.23. The Balaban J connectivity index is 1.77. The zero-order valence-electron chi connectivity index (χ0n) is 19.1. The van der Waals surface area contributed by atoms with E-state index in [4.69, 9.17) is 9.47 Å². The molecule has 6 nitrogen and oxygen atoms in total. The smallest absolute Gasteiger partial charge is 0.161 e. The number of methoxy groups -OCH3 is 2. The Hall–Kier alpha value is -3.09. The topological polar surface area (TPSA) is 66.9 Å². The number of fused-ring (bicyclic) bond motifs is 1. The first-order valence-electron chi connectivity index (χ1n) is 10.9. The molecule has 6 heteroatoms. The molecule has 2 heterocycles. The van der Waals surface area contributed by atoms with Crippen molar-refractivity contribution in [2.45, 2.75) is 25.4 Å². The van der Waals surface area contributed by atoms with Gasteiger partial charge in [0.1, 0.15) is 0 Å². The molecule has 0 fully saturated rings. The fraction of sp³-hybridized carbons (Fsp3) is 0.346. The third-order valence-corrected chi connectivity index (χ3v) is 6.23. The van der Waals surface area contributed by atoms with E-state index in [1.54, 1.807) is 14.2 Å². The predicted octanol–water partition coefficient (Wildman–Crippen LogP) is 3.81. The van der Waals surface area contributed by atoms with E-state index in [1.807, 2.05) is 24.2 Å². The van der Waals surface area contributed by atoms with Gasteiger partial charge in [0.2, 0.25) is 0 Å². The number of ether oxygens (including phenoxy) is 2. The summed E-state index contributed by atoms with van der Waals surface area (Å²) < 4.78 is 11.2. The van der Waals surface area contributed by atoms with Crippen molar-refractivity contribution in [1.82, 2.24) is 10.3 Å². The summed E-state index contributed by atoms with van der Waals surface area (Å²) in [4.78, 5) is 6.73. The number of aromatic nitrogens is 1. The highest BCUT2D eigenvalue weighted by atomic mass is 16.5. The van der Waals surface area contributed by atoms with Crippen molar-refractivity contribution in [3.05, 3.63) is 82.7 Å². The van der Waals surface area contributed by atoms with E-state index in [0.717, 1.165) is 34.9 Å². The molecule has 1 aromatic heterocycles. The summed E-state index contributed by atoms with van der Waals surface area (Å²) in [5.41, 5.74) is 6.89. The average molecular weight is 434 g/mol. The normalized spacial score (nSPS) is 17.5. The molecule has 0 unspecified atom stereocenters. The van der Waals surface area contributed by atoms with E-state index < -0.39 is 0 Å². The molecular weight excluding hydrogens is 402 g/mol. The molecule has 3 aromatic rings. The lowest BCUT2D eigenvalue weighted by Crippen LogP contribution is -2.35. The van der Waals surface area contributed by atoms with Crippen molar-refractivity contribution < 1.29 is 14.6 Å². The van der Waals surface area contributed by atoms with Gasteiger partial charge in [-0.25, -0.2) is 0 Å². The quantitative estimate of drug-likeness (QED) is 0.591. The fourth-order valence-electron chi connectivity index (χ4n) is 4.47. The molecule has 168 valence electrons. The van der Waals surface area contributed by atoms with Crippen LogP contribution in [0.3, 0.4) is 0 Å². The lowest BCUT2D eigenvalue weighted by Gasteiger charge is -2.35. The van der Waals surface area contributed by atoms with Crippen LogP contribution in [-0.2, 0) is 6.42 Å². The Bertz CT molecular complexity index is 1070. The number of hydrogen-bond acceptors (Lipinski definition) is 6. The highest BCUT2D eigenvalue weighted by molar-refractivity contribution is 5.54. The Labute approximate surface area is 189 Å². The summed E-state index contributed by atoms with van der Waals surface area (Å²) in [5.74, 6) is 1.47. The van der Waals surface area contributed by atoms with Gasteiger partial charge < -0.3 is 19.5 Å². The van der Waals surface area contributed by atoms with Crippen LogP contribution in [0, 0.1) is 6.92 Å². The van der Waals surface area contributed by atoms with Gasteiger partial charge in [0.25, 0.3) is 0 Å². The van der Waals surface area contributed by atoms with Gasteiger partial charge in [-0.2, -0.15) is 0 Å². The van der Waals surface area contributed by atoms with E-state index in [0.29, 0.717) is 6.54 Å². The second-order valence-electron chi connectivity index (χ2n) is 8.20. The van der Waals surface area contributed by atoms with Gasteiger partial charge in [0.05, 0.1) is 38.6 Å². The molecule has 0 aliphatic carbocycles. The first kappa shape index (κ1) is 22.1. The molecule has 1 aliphatic heterocycles. The lowest BCUT2D eigenvalue weighted by molar-refractivity contribution is 0.304. The van der Waals surface area contributed by atoms with E-state index in [1.165, 1.54) is 16.7 Å². The summed E-state index contributed by atoms with van der Waals surface area (Å²) in [6.45, 7) is 2.83. The molecule has 0 radical (unpaired) electrons. The van der Waals surface area contributed by atoms with Crippen LogP contribution in [-0.4, -0.2) is 44.5 Å². The van der Waals surface area contributed by atoms with Gasteiger partial charge in [-0.05, 0) is 65.9 Å². The number of benzene rings is 2. The van der Waals surface area contributed by atoms with Crippen LogP contribution in [0.25, 0.3) is 0 Å². The molecule has 0 saturated heterocycles. The second kappa shape index (κ2) is 9.59. The first-order valence-corrected chi connectivity index (χ1v) is 10.9.